The van der Waals surface area contributed by atoms with E-state index in [1.54, 1.807) is 0 Å². The van der Waals surface area contributed by atoms with Crippen molar-refractivity contribution in [3.8, 4) is 0 Å². The summed E-state index contributed by atoms with van der Waals surface area (Å²) >= 11 is 0. The molecule has 12 bridgehead atoms. The lowest BCUT2D eigenvalue weighted by molar-refractivity contribution is -0.371. The molecule has 16 aliphatic heterocycles. The first-order valence-corrected chi connectivity index (χ1v) is 30.6. The Kier molecular flexibility index (Phi) is 13.2. The van der Waals surface area contributed by atoms with E-state index < -0.39 is 83.9 Å². The fourth-order valence-corrected chi connectivity index (χ4v) is 18.4. The molecule has 0 aromatic carbocycles. The Hall–Kier alpha value is -2.18. The number of ether oxygens (including phenoxy) is 15. The van der Waals surface area contributed by atoms with Crippen LogP contribution in [-0.2, 0) is 80.6 Å². The molecular weight excluding hydrogens is 1020 g/mol. The predicted octanol–water partition coefficient (Wildman–Crippen LogP) is 6.05. The second-order valence-corrected chi connectivity index (χ2v) is 27.8. The summed E-state index contributed by atoms with van der Waals surface area (Å²) in [6.45, 7) is 19.9. The van der Waals surface area contributed by atoms with E-state index in [0.717, 1.165) is 43.3 Å². The molecule has 19 heteroatoms. The van der Waals surface area contributed by atoms with Crippen molar-refractivity contribution in [3.63, 3.8) is 0 Å². The Bertz CT molecular complexity index is 2420. The Morgan fingerprint density at radius 3 is 2.09 bits per heavy atom. The van der Waals surface area contributed by atoms with Crippen molar-refractivity contribution >= 4 is 11.9 Å². The summed E-state index contributed by atoms with van der Waals surface area (Å²) in [4.78, 5) is 26.2. The van der Waals surface area contributed by atoms with E-state index in [4.69, 9.17) is 71.1 Å². The Morgan fingerprint density at radius 1 is 0.557 bits per heavy atom. The zero-order chi connectivity index (χ0) is 54.2. The number of fused-ring (bicyclic) bond motifs is 10. The minimum Gasteiger partial charge on any atom is -0.481 e. The Morgan fingerprint density at radius 2 is 1.25 bits per heavy atom. The van der Waals surface area contributed by atoms with Gasteiger partial charge in [0.1, 0.15) is 42.2 Å². The van der Waals surface area contributed by atoms with Crippen LogP contribution in [0.5, 0.6) is 0 Å². The number of carbonyl (C=O) groups is 2. The van der Waals surface area contributed by atoms with Gasteiger partial charge in [0.05, 0.1) is 117 Å². The number of rotatable bonds is 2. The van der Waals surface area contributed by atoms with E-state index in [0.29, 0.717) is 64.2 Å². The highest BCUT2D eigenvalue weighted by atomic mass is 16.8. The maximum Gasteiger partial charge on any atom is 0.308 e. The molecule has 0 aromatic heterocycles. The van der Waals surface area contributed by atoms with Crippen LogP contribution in [0.1, 0.15) is 150 Å². The lowest BCUT2D eigenvalue weighted by atomic mass is 9.78. The highest BCUT2D eigenvalue weighted by Gasteiger charge is 2.73. The first kappa shape index (κ1) is 53.5. The molecule has 16 rings (SSSR count). The first-order chi connectivity index (χ1) is 37.8. The standard InChI is InChI=1S/C60H84O19/c1-26-14-32-8-10-36-27(2)15-34(65-36)12-13-58-25-57(7)56(79-58)55-54(76-57)53(78-58)52-37(69-55)11-9-33(67-52)16-47(64)72-51-31(6)50-42(68-41(51)18-38(66-32)30(26)5)19-40-44(71-50)23-60(73-40)24-45-49(77-60)29(4)22-59(75-45)21-28(3)48-43(74-59)17-35(61)39(70-48)20-46(62)63/h26,28-29,31-45,48-56,61H,2,5,8-25H2,1,3-4,6-7H3,(H,62,63)/t26-,28+,29+,31+,32+,33-,34+,35-,36+,37+,38-,39-,40-,41+,42+,43+,44-,45+,48+,49+,50+,51-,52+,53+,54+,55-,56?,57+,58-,59-,60-/m1/s1. The third-order valence-corrected chi connectivity index (χ3v) is 22.0. The van der Waals surface area contributed by atoms with Gasteiger partial charge in [-0.2, -0.15) is 0 Å². The molecule has 16 fully saturated rings. The SMILES string of the molecule is C=C1C[C@@H]2CC[C@@]34C[C@]5(C)O[C@H]6[C@@H](O3)[C@H]3O[C@H](CC[C@@H]3O[C@H]6C5O4)CC(=O)O[C@@H]3[C@@H](C)[C@@H]4O[C@@H]5C[C@@]6(C[C@@H]7O[C@]8(C[C@H](C)[C@@H]9O[C@H](CC(=O)O)[C@H](O)C[C@@H]9O8)C[C@H](C)[C@@H]7O6)O[C@@H]5C[C@@H]4O[C@H]3C[C@H]3O[C@@H](CC[C@@H]1O2)C[C@@H](C)C3=C. The minimum atomic E-state index is -1.00. The van der Waals surface area contributed by atoms with Crippen molar-refractivity contribution in [2.24, 2.45) is 23.7 Å². The molecule has 0 radical (unpaired) electrons. The van der Waals surface area contributed by atoms with Gasteiger partial charge in [-0.25, -0.2) is 0 Å². The number of aliphatic hydroxyl groups is 1. The van der Waals surface area contributed by atoms with E-state index in [1.165, 1.54) is 0 Å². The first-order valence-electron chi connectivity index (χ1n) is 30.6. The van der Waals surface area contributed by atoms with Gasteiger partial charge in [-0.3, -0.25) is 9.59 Å². The zero-order valence-electron chi connectivity index (χ0n) is 46.6. The molecule has 79 heavy (non-hydrogen) atoms. The number of carboxylic acid groups (broad SMARTS) is 1. The van der Waals surface area contributed by atoms with Crippen LogP contribution in [0.3, 0.4) is 0 Å². The van der Waals surface area contributed by atoms with Crippen LogP contribution >= 0.6 is 0 Å². The smallest absolute Gasteiger partial charge is 0.308 e. The van der Waals surface area contributed by atoms with E-state index in [9.17, 15) is 19.8 Å². The third kappa shape index (κ3) is 9.12. The lowest BCUT2D eigenvalue weighted by Crippen LogP contribution is -2.62. The lowest BCUT2D eigenvalue weighted by Gasteiger charge is -2.54. The normalized spacial score (nSPS) is 58.4. The van der Waals surface area contributed by atoms with Gasteiger partial charge in [-0.1, -0.05) is 40.9 Å². The average Bonchev–Trinajstić information content (AvgIpc) is 3.34. The summed E-state index contributed by atoms with van der Waals surface area (Å²) in [5, 5.41) is 20.4. The van der Waals surface area contributed by atoms with E-state index in [1.807, 2.05) is 0 Å². The summed E-state index contributed by atoms with van der Waals surface area (Å²) < 4.78 is 104. The van der Waals surface area contributed by atoms with Gasteiger partial charge in [0.15, 0.2) is 17.4 Å². The molecule has 16 heterocycles. The summed E-state index contributed by atoms with van der Waals surface area (Å²) in [6, 6.07) is 0. The number of hydrogen-bond acceptors (Lipinski definition) is 18. The molecule has 31 atom stereocenters. The molecule has 1 unspecified atom stereocenters. The van der Waals surface area contributed by atoms with Gasteiger partial charge >= 0.3 is 11.9 Å². The van der Waals surface area contributed by atoms with Gasteiger partial charge in [0, 0.05) is 63.7 Å². The molecule has 438 valence electrons. The van der Waals surface area contributed by atoms with Gasteiger partial charge in [0.25, 0.3) is 0 Å². The molecule has 0 amide bonds. The molecule has 0 aromatic rings. The van der Waals surface area contributed by atoms with Crippen LogP contribution in [0.2, 0.25) is 0 Å². The van der Waals surface area contributed by atoms with Crippen molar-refractivity contribution in [3.05, 3.63) is 24.3 Å². The van der Waals surface area contributed by atoms with Crippen molar-refractivity contribution in [2.45, 2.75) is 314 Å². The summed E-state index contributed by atoms with van der Waals surface area (Å²) in [5.74, 6) is -4.04. The van der Waals surface area contributed by atoms with Crippen LogP contribution in [0, 0.1) is 23.7 Å². The monoisotopic (exact) mass is 1110 g/mol. The van der Waals surface area contributed by atoms with Crippen LogP contribution in [0.4, 0.5) is 0 Å². The number of aliphatic hydroxyl groups excluding tert-OH is 1. The maximum absolute atomic E-state index is 14.6. The Balaban J connectivity index is 0.663. The zero-order valence-corrected chi connectivity index (χ0v) is 46.6. The molecule has 19 nitrogen and oxygen atoms in total. The Labute approximate surface area is 462 Å². The molecule has 2 N–H and O–H groups in total. The van der Waals surface area contributed by atoms with Gasteiger partial charge in [-0.15, -0.1) is 0 Å². The van der Waals surface area contributed by atoms with Gasteiger partial charge < -0.3 is 81.3 Å². The van der Waals surface area contributed by atoms with Crippen molar-refractivity contribution in [1.29, 1.82) is 0 Å². The minimum absolute atomic E-state index is 0.000510. The fraction of sp³-hybridized carbons (Fsp3) is 0.900. The number of carbonyl (C=O) groups excluding carboxylic acids is 1. The average molecular weight is 1110 g/mol. The molecule has 0 saturated carbocycles. The van der Waals surface area contributed by atoms with Crippen LogP contribution in [0.25, 0.3) is 0 Å². The molecule has 0 aliphatic carbocycles. The second-order valence-electron chi connectivity index (χ2n) is 27.8. The number of hydrogen-bond donors (Lipinski definition) is 2. The van der Waals surface area contributed by atoms with E-state index in [-0.39, 0.29) is 134 Å². The molecular formula is C60H84O19. The quantitative estimate of drug-likeness (QED) is 0.238. The van der Waals surface area contributed by atoms with Crippen molar-refractivity contribution in [2.75, 3.05) is 0 Å². The summed E-state index contributed by atoms with van der Waals surface area (Å²) in [6.07, 6.45) is 1.54. The summed E-state index contributed by atoms with van der Waals surface area (Å²) in [7, 11) is 0. The van der Waals surface area contributed by atoms with Gasteiger partial charge in [0.2, 0.25) is 0 Å². The maximum atomic E-state index is 14.6. The van der Waals surface area contributed by atoms with Crippen LogP contribution in [0.15, 0.2) is 24.3 Å². The number of esters is 1. The predicted molar refractivity (Wildman–Crippen MR) is 273 cm³/mol. The van der Waals surface area contributed by atoms with Gasteiger partial charge in [-0.05, 0) is 80.8 Å². The second kappa shape index (κ2) is 19.4. The molecule has 16 saturated heterocycles. The van der Waals surface area contributed by atoms with Crippen LogP contribution < -0.4 is 0 Å². The van der Waals surface area contributed by atoms with Crippen molar-refractivity contribution < 1.29 is 90.9 Å². The summed E-state index contributed by atoms with van der Waals surface area (Å²) in [5.41, 5.74) is 1.59. The van der Waals surface area contributed by atoms with E-state index in [2.05, 4.69) is 47.8 Å². The molecule has 3 spiro atoms. The number of aliphatic carboxylic acids is 1. The third-order valence-electron chi connectivity index (χ3n) is 22.0. The highest BCUT2D eigenvalue weighted by Crippen LogP contribution is 2.60. The van der Waals surface area contributed by atoms with Crippen LogP contribution in [-0.4, -0.2) is 186 Å². The fourth-order valence-electron chi connectivity index (χ4n) is 18.4. The molecule has 16 aliphatic rings. The topological polar surface area (TPSA) is 213 Å². The van der Waals surface area contributed by atoms with Crippen molar-refractivity contribution in [1.82, 2.24) is 0 Å². The highest BCUT2D eigenvalue weighted by molar-refractivity contribution is 5.70. The number of carboxylic acids is 1. The largest absolute Gasteiger partial charge is 0.481 e. The van der Waals surface area contributed by atoms with E-state index >= 15 is 0 Å².